The largest absolute Gasteiger partial charge is 0.0905 e. The summed E-state index contributed by atoms with van der Waals surface area (Å²) in [5.74, 6) is 0. The van der Waals surface area contributed by atoms with Crippen molar-refractivity contribution in [3.8, 4) is 0 Å². The van der Waals surface area contributed by atoms with E-state index >= 15 is 0 Å². The maximum atomic E-state index is 4.55. The second kappa shape index (κ2) is 5.63. The van der Waals surface area contributed by atoms with Crippen molar-refractivity contribution >= 4 is 5.57 Å². The maximum Gasteiger partial charge on any atom is 0.0121 e. The zero-order valence-electron chi connectivity index (χ0n) is 14.6. The Balaban J connectivity index is 1.85. The van der Waals surface area contributed by atoms with Gasteiger partial charge in [0.05, 0.1) is 0 Å². The molecule has 0 radical (unpaired) electrons. The smallest absolute Gasteiger partial charge is 0.0121 e. The molecule has 24 heavy (non-hydrogen) atoms. The summed E-state index contributed by atoms with van der Waals surface area (Å²) in [6.07, 6.45) is 16.6. The lowest BCUT2D eigenvalue weighted by Gasteiger charge is -2.24. The van der Waals surface area contributed by atoms with Crippen molar-refractivity contribution in [1.29, 1.82) is 0 Å². The van der Waals surface area contributed by atoms with Crippen molar-refractivity contribution < 1.29 is 0 Å². The van der Waals surface area contributed by atoms with E-state index in [2.05, 4.69) is 81.1 Å². The Morgan fingerprint density at radius 3 is 2.75 bits per heavy atom. The second-order valence-electron chi connectivity index (χ2n) is 7.34. The molecular weight excluding hydrogens is 288 g/mol. The molecule has 0 heteroatoms. The Labute approximate surface area is 145 Å². The molecule has 1 aromatic carbocycles. The zero-order valence-corrected chi connectivity index (χ0v) is 14.6. The van der Waals surface area contributed by atoms with Crippen molar-refractivity contribution in [1.82, 2.24) is 0 Å². The van der Waals surface area contributed by atoms with Crippen LogP contribution in [0.1, 0.15) is 44.2 Å². The van der Waals surface area contributed by atoms with Gasteiger partial charge in [0, 0.05) is 5.41 Å². The molecule has 0 heterocycles. The first-order chi connectivity index (χ1) is 11.6. The minimum absolute atomic E-state index is 0.105. The zero-order chi connectivity index (χ0) is 16.7. The Morgan fingerprint density at radius 1 is 1.04 bits per heavy atom. The van der Waals surface area contributed by atoms with Gasteiger partial charge in [-0.3, -0.25) is 0 Å². The van der Waals surface area contributed by atoms with Crippen LogP contribution in [0.15, 0.2) is 89.6 Å². The average molecular weight is 312 g/mol. The highest BCUT2D eigenvalue weighted by atomic mass is 14.4. The molecule has 4 rings (SSSR count). The highest BCUT2D eigenvalue weighted by Crippen LogP contribution is 2.53. The van der Waals surface area contributed by atoms with Crippen LogP contribution in [-0.4, -0.2) is 0 Å². The van der Waals surface area contributed by atoms with Crippen LogP contribution >= 0.6 is 0 Å². The number of fused-ring (bicyclic) bond motifs is 2. The average Bonchev–Trinajstić information content (AvgIpc) is 2.83. The molecule has 0 N–H and O–H groups in total. The predicted molar refractivity (Wildman–Crippen MR) is 104 cm³/mol. The summed E-state index contributed by atoms with van der Waals surface area (Å²) in [6, 6.07) is 8.87. The van der Waals surface area contributed by atoms with Crippen molar-refractivity contribution in [2.24, 2.45) is 0 Å². The van der Waals surface area contributed by atoms with Crippen molar-refractivity contribution in [2.45, 2.75) is 38.5 Å². The van der Waals surface area contributed by atoms with E-state index in [1.54, 1.807) is 5.57 Å². The molecule has 0 amide bonds. The number of hydrogen-bond donors (Lipinski definition) is 0. The Bertz CT molecular complexity index is 863. The van der Waals surface area contributed by atoms with Gasteiger partial charge in [-0.15, -0.1) is 0 Å². The monoisotopic (exact) mass is 312 g/mol. The van der Waals surface area contributed by atoms with Crippen LogP contribution in [0.5, 0.6) is 0 Å². The molecule has 1 aromatic rings. The summed E-state index contributed by atoms with van der Waals surface area (Å²) in [7, 11) is 0. The molecule has 0 nitrogen and oxygen atoms in total. The minimum atomic E-state index is 0.105. The summed E-state index contributed by atoms with van der Waals surface area (Å²) in [5.41, 5.74) is 9.69. The van der Waals surface area contributed by atoms with Crippen LogP contribution in [-0.2, 0) is 5.41 Å². The van der Waals surface area contributed by atoms with Crippen LogP contribution < -0.4 is 0 Å². The van der Waals surface area contributed by atoms with Crippen LogP contribution in [0.4, 0.5) is 0 Å². The van der Waals surface area contributed by atoms with Gasteiger partial charge >= 0.3 is 0 Å². The van der Waals surface area contributed by atoms with Gasteiger partial charge in [-0.25, -0.2) is 0 Å². The third-order valence-corrected chi connectivity index (χ3v) is 5.60. The quantitative estimate of drug-likeness (QED) is 0.559. The molecule has 120 valence electrons. The van der Waals surface area contributed by atoms with Gasteiger partial charge in [-0.1, -0.05) is 86.7 Å². The molecule has 3 aliphatic rings. The number of allylic oxidation sites excluding steroid dienone is 11. The molecule has 0 fully saturated rings. The van der Waals surface area contributed by atoms with E-state index in [1.165, 1.54) is 33.4 Å². The first-order valence-corrected chi connectivity index (χ1v) is 8.88. The number of benzene rings is 1. The van der Waals surface area contributed by atoms with E-state index in [1.807, 2.05) is 0 Å². The fraction of sp³-hybridized carbons (Fsp3) is 0.250. The van der Waals surface area contributed by atoms with Crippen molar-refractivity contribution in [2.75, 3.05) is 0 Å². The highest BCUT2D eigenvalue weighted by molar-refractivity contribution is 5.93. The van der Waals surface area contributed by atoms with E-state index in [4.69, 9.17) is 0 Å². The van der Waals surface area contributed by atoms with Gasteiger partial charge in [0.25, 0.3) is 0 Å². The molecular formula is C24H24. The van der Waals surface area contributed by atoms with Gasteiger partial charge in [-0.05, 0) is 52.7 Å². The Kier molecular flexibility index (Phi) is 3.57. The number of rotatable bonds is 1. The third kappa shape index (κ3) is 2.21. The van der Waals surface area contributed by atoms with Crippen LogP contribution in [0, 0.1) is 0 Å². The fourth-order valence-electron chi connectivity index (χ4n) is 4.36. The normalized spacial score (nSPS) is 21.7. The second-order valence-corrected chi connectivity index (χ2v) is 7.34. The Hall–Kier alpha value is -2.34. The van der Waals surface area contributed by atoms with Crippen LogP contribution in [0.3, 0.4) is 0 Å². The summed E-state index contributed by atoms with van der Waals surface area (Å²) in [4.78, 5) is 0. The van der Waals surface area contributed by atoms with E-state index in [0.717, 1.165) is 19.3 Å². The minimum Gasteiger partial charge on any atom is -0.0905 e. The first kappa shape index (κ1) is 15.2. The fourth-order valence-corrected chi connectivity index (χ4v) is 4.36. The van der Waals surface area contributed by atoms with Gasteiger partial charge in [-0.2, -0.15) is 0 Å². The molecule has 0 saturated heterocycles. The lowest BCUT2D eigenvalue weighted by Crippen LogP contribution is -2.17. The summed E-state index contributed by atoms with van der Waals surface area (Å²) < 4.78 is 0. The standard InChI is InChI=1S/C24H24/c1-17-19(18-11-6-4-5-7-12-18)14-10-16-22-23(17)20-13-8-9-15-21(20)24(22,2)3/h4-6,8-9,11-15H,1,7,10,16H2,2-3H3. The first-order valence-electron chi connectivity index (χ1n) is 8.88. The molecule has 0 bridgehead atoms. The highest BCUT2D eigenvalue weighted by Gasteiger charge is 2.39. The SMILES string of the molecule is C=C1C(C2=CCC=CC=C2)=CCCC2=C1c1ccccc1C2(C)C. The summed E-state index contributed by atoms with van der Waals surface area (Å²) >= 11 is 0. The number of hydrogen-bond acceptors (Lipinski definition) is 0. The van der Waals surface area contributed by atoms with Crippen LogP contribution in [0.2, 0.25) is 0 Å². The topological polar surface area (TPSA) is 0 Å². The predicted octanol–water partition coefficient (Wildman–Crippen LogP) is 6.45. The van der Waals surface area contributed by atoms with Crippen molar-refractivity contribution in [3.63, 3.8) is 0 Å². The molecule has 0 spiro atoms. The third-order valence-electron chi connectivity index (χ3n) is 5.60. The van der Waals surface area contributed by atoms with Gasteiger partial charge < -0.3 is 0 Å². The summed E-state index contributed by atoms with van der Waals surface area (Å²) in [5, 5.41) is 0. The molecule has 0 aliphatic heterocycles. The lowest BCUT2D eigenvalue weighted by atomic mass is 9.79. The molecule has 0 atom stereocenters. The van der Waals surface area contributed by atoms with E-state index in [-0.39, 0.29) is 5.41 Å². The lowest BCUT2D eigenvalue weighted by molar-refractivity contribution is 0.609. The molecule has 0 unspecified atom stereocenters. The van der Waals surface area contributed by atoms with Gasteiger partial charge in [0.2, 0.25) is 0 Å². The van der Waals surface area contributed by atoms with Crippen LogP contribution in [0.25, 0.3) is 5.57 Å². The van der Waals surface area contributed by atoms with E-state index in [9.17, 15) is 0 Å². The maximum absolute atomic E-state index is 4.55. The molecule has 3 aliphatic carbocycles. The summed E-state index contributed by atoms with van der Waals surface area (Å²) in [6.45, 7) is 9.27. The molecule has 0 saturated carbocycles. The Morgan fingerprint density at radius 2 is 1.88 bits per heavy atom. The van der Waals surface area contributed by atoms with Crippen molar-refractivity contribution in [3.05, 3.63) is 101 Å². The van der Waals surface area contributed by atoms with Gasteiger partial charge in [0.1, 0.15) is 0 Å². The van der Waals surface area contributed by atoms with E-state index in [0.29, 0.717) is 0 Å². The van der Waals surface area contributed by atoms with E-state index < -0.39 is 0 Å². The van der Waals surface area contributed by atoms with Gasteiger partial charge in [0.15, 0.2) is 0 Å². The molecule has 0 aromatic heterocycles.